The number of guanidine groups is 1. The number of hydrogen-bond donors (Lipinski definition) is 2. The van der Waals surface area contributed by atoms with E-state index in [1.165, 1.54) is 0 Å². The van der Waals surface area contributed by atoms with E-state index < -0.39 is 5.60 Å². The zero-order valence-corrected chi connectivity index (χ0v) is 15.6. The van der Waals surface area contributed by atoms with Crippen LogP contribution in [0.1, 0.15) is 33.6 Å². The van der Waals surface area contributed by atoms with E-state index >= 15 is 0 Å². The van der Waals surface area contributed by atoms with Gasteiger partial charge in [0.1, 0.15) is 18.0 Å². The summed E-state index contributed by atoms with van der Waals surface area (Å²) in [6.07, 6.45) is 3.80. The quantitative estimate of drug-likeness (QED) is 0.489. The number of piperidine rings is 1. The van der Waals surface area contributed by atoms with Gasteiger partial charge in [0, 0.05) is 32.4 Å². The lowest BCUT2D eigenvalue weighted by Gasteiger charge is -2.33. The Labute approximate surface area is 149 Å². The molecule has 1 aliphatic rings. The van der Waals surface area contributed by atoms with Crippen molar-refractivity contribution < 1.29 is 9.53 Å². The van der Waals surface area contributed by atoms with Crippen LogP contribution >= 0.6 is 0 Å². The summed E-state index contributed by atoms with van der Waals surface area (Å²) in [5.74, 6) is 1.36. The van der Waals surface area contributed by atoms with Gasteiger partial charge in [0.05, 0.1) is 0 Å². The number of carbonyl (C=O) groups is 1. The molecule has 7 nitrogen and oxygen atoms in total. The lowest BCUT2D eigenvalue weighted by atomic mass is 10.1. The van der Waals surface area contributed by atoms with Crippen molar-refractivity contribution in [3.63, 3.8) is 0 Å². The lowest BCUT2D eigenvalue weighted by Crippen LogP contribution is -2.50. The number of nitrogens with zero attached hydrogens (tertiary/aromatic N) is 3. The fraction of sp³-hybridized carbons (Fsp3) is 0.611. The van der Waals surface area contributed by atoms with Gasteiger partial charge in [-0.25, -0.2) is 4.98 Å². The van der Waals surface area contributed by atoms with E-state index in [0.717, 1.165) is 31.7 Å². The van der Waals surface area contributed by atoms with E-state index in [4.69, 9.17) is 4.74 Å². The number of ether oxygens (including phenoxy) is 1. The Hall–Kier alpha value is -2.31. The van der Waals surface area contributed by atoms with E-state index in [9.17, 15) is 4.79 Å². The first-order chi connectivity index (χ1) is 11.9. The molecule has 1 aromatic heterocycles. The highest BCUT2D eigenvalue weighted by Crippen LogP contribution is 2.17. The van der Waals surface area contributed by atoms with Crippen LogP contribution in [0.3, 0.4) is 0 Å². The van der Waals surface area contributed by atoms with Crippen molar-refractivity contribution in [3.05, 3.63) is 24.4 Å². The van der Waals surface area contributed by atoms with Crippen molar-refractivity contribution in [1.82, 2.24) is 15.6 Å². The third kappa shape index (κ3) is 6.60. The van der Waals surface area contributed by atoms with Gasteiger partial charge in [-0.05, 0) is 45.7 Å². The summed E-state index contributed by atoms with van der Waals surface area (Å²) in [5, 5.41) is 6.40. The zero-order chi connectivity index (χ0) is 18.3. The first-order valence-electron chi connectivity index (χ1n) is 8.72. The standard InChI is InChI=1S/C18H29N5O2/c1-18(2,3)25-16(24)13-21-17(19-4)22-14-8-11-23(12-9-14)15-7-5-6-10-20-15/h5-7,10,14H,8-9,11-13H2,1-4H3,(H2,19,21,22). The second kappa shape index (κ2) is 8.69. The minimum Gasteiger partial charge on any atom is -0.459 e. The number of anilines is 1. The molecule has 1 fully saturated rings. The van der Waals surface area contributed by atoms with Gasteiger partial charge in [-0.2, -0.15) is 0 Å². The molecule has 0 amide bonds. The average molecular weight is 347 g/mol. The molecule has 0 saturated carbocycles. The molecule has 2 heterocycles. The molecular weight excluding hydrogens is 318 g/mol. The van der Waals surface area contributed by atoms with Crippen molar-refractivity contribution >= 4 is 17.7 Å². The maximum absolute atomic E-state index is 11.8. The average Bonchev–Trinajstić information content (AvgIpc) is 2.58. The lowest BCUT2D eigenvalue weighted by molar-refractivity contribution is -0.153. The van der Waals surface area contributed by atoms with E-state index in [1.807, 2.05) is 45.2 Å². The summed E-state index contributed by atoms with van der Waals surface area (Å²) >= 11 is 0. The largest absolute Gasteiger partial charge is 0.459 e. The molecule has 0 bridgehead atoms. The van der Waals surface area contributed by atoms with Crippen LogP contribution in [0.2, 0.25) is 0 Å². The van der Waals surface area contributed by atoms with E-state index in [-0.39, 0.29) is 12.5 Å². The second-order valence-electron chi connectivity index (χ2n) is 7.11. The Kier molecular flexibility index (Phi) is 6.61. The highest BCUT2D eigenvalue weighted by molar-refractivity contribution is 5.84. The van der Waals surface area contributed by atoms with Gasteiger partial charge >= 0.3 is 5.97 Å². The molecule has 2 N–H and O–H groups in total. The van der Waals surface area contributed by atoms with Crippen LogP contribution in [0.25, 0.3) is 0 Å². The highest BCUT2D eigenvalue weighted by atomic mass is 16.6. The van der Waals surface area contributed by atoms with Crippen LogP contribution in [-0.4, -0.2) is 55.2 Å². The third-order valence-electron chi connectivity index (χ3n) is 3.85. The molecule has 1 aromatic rings. The Balaban J connectivity index is 1.75. The van der Waals surface area contributed by atoms with Gasteiger partial charge in [-0.3, -0.25) is 9.79 Å². The third-order valence-corrected chi connectivity index (χ3v) is 3.85. The summed E-state index contributed by atoms with van der Waals surface area (Å²) < 4.78 is 5.29. The Morgan fingerprint density at radius 1 is 1.36 bits per heavy atom. The first kappa shape index (κ1) is 19.0. The Morgan fingerprint density at radius 2 is 2.08 bits per heavy atom. The molecule has 0 aromatic carbocycles. The normalized spacial score (nSPS) is 16.5. The number of pyridine rings is 1. The number of nitrogens with one attached hydrogen (secondary N) is 2. The van der Waals surface area contributed by atoms with Crippen LogP contribution in [-0.2, 0) is 9.53 Å². The molecular formula is C18H29N5O2. The predicted octanol–water partition coefficient (Wildman–Crippen LogP) is 1.56. The fourth-order valence-corrected chi connectivity index (χ4v) is 2.72. The van der Waals surface area contributed by atoms with Gasteiger partial charge in [0.15, 0.2) is 5.96 Å². The van der Waals surface area contributed by atoms with Crippen LogP contribution in [0.15, 0.2) is 29.4 Å². The summed E-state index contributed by atoms with van der Waals surface area (Å²) in [6.45, 7) is 7.55. The Morgan fingerprint density at radius 3 is 2.64 bits per heavy atom. The summed E-state index contributed by atoms with van der Waals surface area (Å²) in [6, 6.07) is 6.30. The molecule has 0 atom stereocenters. The monoisotopic (exact) mass is 347 g/mol. The van der Waals surface area contributed by atoms with Crippen molar-refractivity contribution in [2.45, 2.75) is 45.3 Å². The van der Waals surface area contributed by atoms with Gasteiger partial charge in [-0.15, -0.1) is 0 Å². The highest BCUT2D eigenvalue weighted by Gasteiger charge is 2.21. The minimum atomic E-state index is -0.478. The molecule has 1 aliphatic heterocycles. The molecule has 138 valence electrons. The zero-order valence-electron chi connectivity index (χ0n) is 15.6. The van der Waals surface area contributed by atoms with Crippen LogP contribution in [0, 0.1) is 0 Å². The van der Waals surface area contributed by atoms with Gasteiger partial charge in [0.25, 0.3) is 0 Å². The summed E-state index contributed by atoms with van der Waals surface area (Å²) in [7, 11) is 1.70. The topological polar surface area (TPSA) is 78.8 Å². The summed E-state index contributed by atoms with van der Waals surface area (Å²) in [4.78, 5) is 22.7. The molecule has 7 heteroatoms. The fourth-order valence-electron chi connectivity index (χ4n) is 2.72. The molecule has 0 unspecified atom stereocenters. The smallest absolute Gasteiger partial charge is 0.325 e. The molecule has 2 rings (SSSR count). The van der Waals surface area contributed by atoms with Gasteiger partial charge in [0.2, 0.25) is 0 Å². The molecule has 25 heavy (non-hydrogen) atoms. The Bertz CT molecular complexity index is 575. The van der Waals surface area contributed by atoms with Crippen LogP contribution < -0.4 is 15.5 Å². The first-order valence-corrected chi connectivity index (χ1v) is 8.72. The van der Waals surface area contributed by atoms with Gasteiger partial charge in [-0.1, -0.05) is 6.07 Å². The number of aliphatic imine (C=N–C) groups is 1. The number of aromatic nitrogens is 1. The van der Waals surface area contributed by atoms with Crippen molar-refractivity contribution in [2.75, 3.05) is 31.6 Å². The van der Waals surface area contributed by atoms with Crippen molar-refractivity contribution in [2.24, 2.45) is 4.99 Å². The second-order valence-corrected chi connectivity index (χ2v) is 7.11. The van der Waals surface area contributed by atoms with E-state index in [0.29, 0.717) is 12.0 Å². The summed E-state index contributed by atoms with van der Waals surface area (Å²) in [5.41, 5.74) is -0.478. The number of carbonyl (C=O) groups excluding carboxylic acids is 1. The van der Waals surface area contributed by atoms with E-state index in [1.54, 1.807) is 7.05 Å². The maximum atomic E-state index is 11.8. The molecule has 0 spiro atoms. The number of hydrogen-bond acceptors (Lipinski definition) is 5. The van der Waals surface area contributed by atoms with Crippen molar-refractivity contribution in [1.29, 1.82) is 0 Å². The molecule has 1 saturated heterocycles. The van der Waals surface area contributed by atoms with Crippen LogP contribution in [0.5, 0.6) is 0 Å². The SMILES string of the molecule is CN=C(NCC(=O)OC(C)(C)C)NC1CCN(c2ccccn2)CC1. The molecule has 0 aliphatic carbocycles. The van der Waals surface area contributed by atoms with Gasteiger partial charge < -0.3 is 20.3 Å². The van der Waals surface area contributed by atoms with Crippen LogP contribution in [0.4, 0.5) is 5.82 Å². The number of esters is 1. The minimum absolute atomic E-state index is 0.101. The van der Waals surface area contributed by atoms with E-state index in [2.05, 4.69) is 25.5 Å². The maximum Gasteiger partial charge on any atom is 0.325 e. The molecule has 0 radical (unpaired) electrons. The van der Waals surface area contributed by atoms with Crippen molar-refractivity contribution in [3.8, 4) is 0 Å². The number of rotatable bonds is 4. The predicted molar refractivity (Wildman–Crippen MR) is 99.8 cm³/mol.